The Kier molecular flexibility index (Phi) is 6.07. The van der Waals surface area contributed by atoms with E-state index in [1.807, 2.05) is 18.2 Å². The molecule has 2 aliphatic heterocycles. The number of nitrogens with zero attached hydrogens (tertiary/aromatic N) is 4. The summed E-state index contributed by atoms with van der Waals surface area (Å²) in [5, 5.41) is 6.19. The van der Waals surface area contributed by atoms with Crippen LogP contribution in [0.3, 0.4) is 0 Å². The maximum Gasteiger partial charge on any atom is 0.255 e. The first-order chi connectivity index (χ1) is 16.0. The third-order valence-corrected chi connectivity index (χ3v) is 6.36. The Balaban J connectivity index is 1.41. The number of ether oxygens (including phenoxy) is 1. The summed E-state index contributed by atoms with van der Waals surface area (Å²) in [5.41, 5.74) is 4.04. The first-order valence-corrected chi connectivity index (χ1v) is 11.4. The summed E-state index contributed by atoms with van der Waals surface area (Å²) >= 11 is 0. The lowest BCUT2D eigenvalue weighted by atomic mass is 9.95. The summed E-state index contributed by atoms with van der Waals surface area (Å²) in [6.45, 7) is 5.24. The summed E-state index contributed by atoms with van der Waals surface area (Å²) in [6, 6.07) is 10.1. The van der Waals surface area contributed by atoms with Crippen LogP contribution in [0.1, 0.15) is 13.3 Å². The van der Waals surface area contributed by atoms with Gasteiger partial charge in [-0.1, -0.05) is 12.1 Å². The highest BCUT2D eigenvalue weighted by molar-refractivity contribution is 5.88. The Labute approximate surface area is 191 Å². The summed E-state index contributed by atoms with van der Waals surface area (Å²) in [6.07, 6.45) is 3.27. The van der Waals surface area contributed by atoms with Crippen LogP contribution < -0.4 is 15.5 Å². The van der Waals surface area contributed by atoms with Crippen LogP contribution in [-0.2, 0) is 4.74 Å². The molecule has 0 saturated carbocycles. The molecule has 2 saturated heterocycles. The van der Waals surface area contributed by atoms with E-state index in [1.165, 1.54) is 0 Å². The van der Waals surface area contributed by atoms with Gasteiger partial charge in [-0.15, -0.1) is 0 Å². The molecule has 2 aliphatic rings. The second kappa shape index (κ2) is 9.15. The van der Waals surface area contributed by atoms with Gasteiger partial charge in [-0.2, -0.15) is 0 Å². The third-order valence-electron chi connectivity index (χ3n) is 6.36. The molecular formula is C24H28F2N6O. The van der Waals surface area contributed by atoms with E-state index in [0.717, 1.165) is 36.6 Å². The molecule has 0 aliphatic carbocycles. The van der Waals surface area contributed by atoms with Gasteiger partial charge in [-0.05, 0) is 25.1 Å². The molecule has 1 aromatic carbocycles. The maximum atomic E-state index is 14.3. The van der Waals surface area contributed by atoms with Gasteiger partial charge in [0.25, 0.3) is 5.92 Å². The molecule has 0 bridgehead atoms. The quantitative estimate of drug-likeness (QED) is 0.610. The topological polar surface area (TPSA) is 75.2 Å². The molecule has 0 amide bonds. The van der Waals surface area contributed by atoms with Crippen molar-refractivity contribution in [3.63, 3.8) is 0 Å². The zero-order valence-corrected chi connectivity index (χ0v) is 18.6. The smallest absolute Gasteiger partial charge is 0.255 e. The fraction of sp³-hybridized carbons (Fsp3) is 0.458. The SMILES string of the molecule is C[C@H]1CN(c2ccc(-c3cc4nccnc4c(NCC4CNCCC4(F)F)n3)cc2)CCO1. The highest BCUT2D eigenvalue weighted by Crippen LogP contribution is 2.32. The molecule has 0 radical (unpaired) electrons. The maximum absolute atomic E-state index is 14.3. The highest BCUT2D eigenvalue weighted by Gasteiger charge is 2.41. The number of pyridine rings is 1. The van der Waals surface area contributed by atoms with E-state index < -0.39 is 11.8 Å². The van der Waals surface area contributed by atoms with Gasteiger partial charge in [0.2, 0.25) is 0 Å². The van der Waals surface area contributed by atoms with Gasteiger partial charge in [0.1, 0.15) is 5.52 Å². The first-order valence-electron chi connectivity index (χ1n) is 11.4. The standard InChI is InChI=1S/C24H28F2N6O/c1-16-15-32(10-11-33-16)19-4-2-17(3-5-19)20-12-21-22(29-9-8-28-21)23(31-20)30-14-18-13-27-7-6-24(18,25)26/h2-5,8-9,12,16,18,27H,6-7,10-11,13-15H2,1H3,(H,30,31)/t16-,18?/m0/s1. The van der Waals surface area contributed by atoms with Crippen LogP contribution in [0.15, 0.2) is 42.7 Å². The number of anilines is 2. The monoisotopic (exact) mass is 454 g/mol. The molecule has 7 nitrogen and oxygen atoms in total. The summed E-state index contributed by atoms with van der Waals surface area (Å²) in [4.78, 5) is 15.9. The van der Waals surface area contributed by atoms with Gasteiger partial charge in [-0.3, -0.25) is 4.98 Å². The molecule has 2 N–H and O–H groups in total. The lowest BCUT2D eigenvalue weighted by molar-refractivity contribution is -0.0728. The number of piperidine rings is 1. The molecule has 9 heteroatoms. The third kappa shape index (κ3) is 4.74. The fourth-order valence-electron chi connectivity index (χ4n) is 4.47. The van der Waals surface area contributed by atoms with Crippen molar-refractivity contribution in [1.82, 2.24) is 20.3 Å². The number of benzene rings is 1. The van der Waals surface area contributed by atoms with Gasteiger partial charge in [-0.25, -0.2) is 18.7 Å². The van der Waals surface area contributed by atoms with Crippen molar-refractivity contribution in [2.24, 2.45) is 5.92 Å². The fourth-order valence-corrected chi connectivity index (χ4v) is 4.47. The molecule has 2 fully saturated rings. The number of rotatable bonds is 5. The molecule has 2 atom stereocenters. The van der Waals surface area contributed by atoms with Crippen LogP contribution in [0, 0.1) is 5.92 Å². The van der Waals surface area contributed by atoms with E-state index in [0.29, 0.717) is 23.4 Å². The molecule has 5 rings (SSSR count). The van der Waals surface area contributed by atoms with Crippen molar-refractivity contribution in [2.45, 2.75) is 25.4 Å². The molecule has 174 valence electrons. The molecule has 1 unspecified atom stereocenters. The minimum atomic E-state index is -2.70. The van der Waals surface area contributed by atoms with Crippen molar-refractivity contribution in [3.05, 3.63) is 42.7 Å². The number of fused-ring (bicyclic) bond motifs is 1. The number of nitrogens with one attached hydrogen (secondary N) is 2. The second-order valence-corrected chi connectivity index (χ2v) is 8.75. The van der Waals surface area contributed by atoms with E-state index in [-0.39, 0.29) is 25.6 Å². The van der Waals surface area contributed by atoms with Crippen LogP contribution >= 0.6 is 0 Å². The van der Waals surface area contributed by atoms with Crippen molar-refractivity contribution in [2.75, 3.05) is 49.5 Å². The molecule has 0 spiro atoms. The van der Waals surface area contributed by atoms with E-state index in [4.69, 9.17) is 9.72 Å². The summed E-state index contributed by atoms with van der Waals surface area (Å²) < 4.78 is 34.2. The van der Waals surface area contributed by atoms with Crippen LogP contribution in [0.5, 0.6) is 0 Å². The lowest BCUT2D eigenvalue weighted by Gasteiger charge is -2.33. The number of alkyl halides is 2. The van der Waals surface area contributed by atoms with Gasteiger partial charge in [0.15, 0.2) is 5.82 Å². The van der Waals surface area contributed by atoms with E-state index in [9.17, 15) is 8.78 Å². The number of morpholine rings is 1. The normalized spacial score (nSPS) is 22.9. The molecule has 3 aromatic rings. The van der Waals surface area contributed by atoms with Crippen molar-refractivity contribution < 1.29 is 13.5 Å². The van der Waals surface area contributed by atoms with E-state index in [2.05, 4.69) is 44.6 Å². The molecule has 33 heavy (non-hydrogen) atoms. The zero-order chi connectivity index (χ0) is 22.8. The lowest BCUT2D eigenvalue weighted by Crippen LogP contribution is -2.47. The van der Waals surface area contributed by atoms with E-state index in [1.54, 1.807) is 12.4 Å². The molecule has 2 aromatic heterocycles. The van der Waals surface area contributed by atoms with Crippen LogP contribution in [0.4, 0.5) is 20.3 Å². The number of aromatic nitrogens is 3. The number of hydrogen-bond donors (Lipinski definition) is 2. The zero-order valence-electron chi connectivity index (χ0n) is 18.6. The first kappa shape index (κ1) is 21.9. The largest absolute Gasteiger partial charge is 0.375 e. The Hall–Kier alpha value is -2.91. The van der Waals surface area contributed by atoms with Crippen molar-refractivity contribution >= 4 is 22.5 Å². The molecular weight excluding hydrogens is 426 g/mol. The second-order valence-electron chi connectivity index (χ2n) is 8.75. The van der Waals surface area contributed by atoms with Gasteiger partial charge in [0.05, 0.1) is 29.8 Å². The summed E-state index contributed by atoms with van der Waals surface area (Å²) in [5.74, 6) is -3.04. The van der Waals surface area contributed by atoms with Crippen LogP contribution in [0.2, 0.25) is 0 Å². The predicted molar refractivity (Wildman–Crippen MR) is 125 cm³/mol. The minimum absolute atomic E-state index is 0.107. The van der Waals surface area contributed by atoms with Crippen molar-refractivity contribution in [1.29, 1.82) is 0 Å². The Morgan fingerprint density at radius 2 is 2.03 bits per heavy atom. The van der Waals surface area contributed by atoms with Crippen LogP contribution in [-0.4, -0.2) is 66.3 Å². The predicted octanol–water partition coefficient (Wildman–Crippen LogP) is 3.57. The highest BCUT2D eigenvalue weighted by atomic mass is 19.3. The Bertz CT molecular complexity index is 1110. The van der Waals surface area contributed by atoms with Gasteiger partial charge >= 0.3 is 0 Å². The average Bonchev–Trinajstić information content (AvgIpc) is 2.83. The Morgan fingerprint density at radius 1 is 1.21 bits per heavy atom. The average molecular weight is 455 g/mol. The Morgan fingerprint density at radius 3 is 2.82 bits per heavy atom. The van der Waals surface area contributed by atoms with Gasteiger partial charge < -0.3 is 20.3 Å². The molecule has 4 heterocycles. The minimum Gasteiger partial charge on any atom is -0.375 e. The van der Waals surface area contributed by atoms with Crippen LogP contribution in [0.25, 0.3) is 22.3 Å². The van der Waals surface area contributed by atoms with Crippen molar-refractivity contribution in [3.8, 4) is 11.3 Å². The number of hydrogen-bond acceptors (Lipinski definition) is 7. The number of halogens is 2. The van der Waals surface area contributed by atoms with Gasteiger partial charge in [0, 0.05) is 62.8 Å². The van der Waals surface area contributed by atoms with E-state index >= 15 is 0 Å². The summed E-state index contributed by atoms with van der Waals surface area (Å²) in [7, 11) is 0.